The molecule has 2 aromatic rings. The lowest BCUT2D eigenvalue weighted by molar-refractivity contribution is 0.370. The summed E-state index contributed by atoms with van der Waals surface area (Å²) in [5.41, 5.74) is 5.07. The minimum atomic E-state index is -3.70. The van der Waals surface area contributed by atoms with E-state index in [9.17, 15) is 8.42 Å². The number of benzene rings is 2. The molecular formula is C30H41NO2S. The summed E-state index contributed by atoms with van der Waals surface area (Å²) in [6.07, 6.45) is 14.9. The molecule has 0 saturated heterocycles. The van der Waals surface area contributed by atoms with Crippen molar-refractivity contribution < 1.29 is 8.42 Å². The molecule has 1 unspecified atom stereocenters. The predicted octanol–water partition coefficient (Wildman–Crippen LogP) is 7.72. The maximum atomic E-state index is 13.9. The molecule has 0 aliphatic heterocycles. The quantitative estimate of drug-likeness (QED) is 0.413. The third-order valence-corrected chi connectivity index (χ3v) is 9.49. The average Bonchev–Trinajstić information content (AvgIpc) is 2.82. The van der Waals surface area contributed by atoms with Gasteiger partial charge in [-0.2, -0.15) is 4.72 Å². The third kappa shape index (κ3) is 6.01. The van der Waals surface area contributed by atoms with Crippen LogP contribution in [0, 0.1) is 32.6 Å². The Morgan fingerprint density at radius 2 is 1.41 bits per heavy atom. The van der Waals surface area contributed by atoms with Crippen LogP contribution in [0.3, 0.4) is 0 Å². The van der Waals surface area contributed by atoms with Gasteiger partial charge < -0.3 is 0 Å². The topological polar surface area (TPSA) is 46.2 Å². The minimum Gasteiger partial charge on any atom is -0.207 e. The summed E-state index contributed by atoms with van der Waals surface area (Å²) < 4.78 is 31.0. The number of nitrogens with one attached hydrogen (secondary N) is 1. The predicted molar refractivity (Wildman–Crippen MR) is 141 cm³/mol. The molecule has 184 valence electrons. The Labute approximate surface area is 207 Å². The van der Waals surface area contributed by atoms with Crippen LogP contribution >= 0.6 is 0 Å². The number of hydrogen-bond acceptors (Lipinski definition) is 2. The fourth-order valence-corrected chi connectivity index (χ4v) is 7.92. The van der Waals surface area contributed by atoms with Crippen molar-refractivity contribution in [3.05, 3.63) is 76.4 Å². The molecule has 2 fully saturated rings. The van der Waals surface area contributed by atoms with Crippen LogP contribution in [0.15, 0.2) is 59.0 Å². The number of hydrogen-bond donors (Lipinski definition) is 1. The normalized spacial score (nSPS) is 19.8. The van der Waals surface area contributed by atoms with E-state index in [1.807, 2.05) is 51.1 Å². The zero-order chi connectivity index (χ0) is 24.1. The molecule has 0 bridgehead atoms. The Hall–Kier alpha value is -1.91. The first kappa shape index (κ1) is 25.2. The van der Waals surface area contributed by atoms with Crippen LogP contribution in [-0.4, -0.2) is 8.42 Å². The van der Waals surface area contributed by atoms with E-state index in [1.54, 1.807) is 0 Å². The molecule has 2 aromatic carbocycles. The van der Waals surface area contributed by atoms with Gasteiger partial charge in [0.1, 0.15) is 0 Å². The molecule has 2 saturated carbocycles. The van der Waals surface area contributed by atoms with Gasteiger partial charge in [-0.15, -0.1) is 0 Å². The fraction of sp³-hybridized carbons (Fsp3) is 0.533. The van der Waals surface area contributed by atoms with E-state index in [1.165, 1.54) is 56.9 Å². The summed E-state index contributed by atoms with van der Waals surface area (Å²) in [5.74, 6) is 1.01. The van der Waals surface area contributed by atoms with Crippen molar-refractivity contribution in [2.24, 2.45) is 11.8 Å². The van der Waals surface area contributed by atoms with Crippen molar-refractivity contribution >= 4 is 10.0 Å². The van der Waals surface area contributed by atoms with Gasteiger partial charge in [-0.1, -0.05) is 92.6 Å². The molecule has 3 nitrogen and oxygen atoms in total. The van der Waals surface area contributed by atoms with Gasteiger partial charge in [-0.3, -0.25) is 0 Å². The SMILES string of the molecule is Cc1cc(C)c(S(=O)(=O)NC(/C(=C/C2CCCCC2)C2CCCCC2)c2ccccc2)c(C)c1. The monoisotopic (exact) mass is 479 g/mol. The Morgan fingerprint density at radius 1 is 0.853 bits per heavy atom. The molecule has 0 radical (unpaired) electrons. The minimum absolute atomic E-state index is 0.323. The molecule has 1 atom stereocenters. The second kappa shape index (κ2) is 11.2. The van der Waals surface area contributed by atoms with Crippen molar-refractivity contribution in [2.45, 2.75) is 95.9 Å². The summed E-state index contributed by atoms with van der Waals surface area (Å²) in [6, 6.07) is 13.8. The van der Waals surface area contributed by atoms with Crippen LogP contribution < -0.4 is 4.72 Å². The number of allylic oxidation sites excluding steroid dienone is 1. The molecule has 34 heavy (non-hydrogen) atoms. The zero-order valence-electron chi connectivity index (χ0n) is 21.1. The van der Waals surface area contributed by atoms with E-state index in [-0.39, 0.29) is 6.04 Å². The first-order valence-electron chi connectivity index (χ1n) is 13.2. The van der Waals surface area contributed by atoms with Gasteiger partial charge in [0.15, 0.2) is 0 Å². The van der Waals surface area contributed by atoms with Crippen molar-refractivity contribution in [3.8, 4) is 0 Å². The molecule has 0 aromatic heterocycles. The van der Waals surface area contributed by atoms with Gasteiger partial charge >= 0.3 is 0 Å². The Balaban J connectivity index is 1.78. The molecule has 4 rings (SSSR count). The Morgan fingerprint density at radius 3 is 2.00 bits per heavy atom. The molecule has 1 N–H and O–H groups in total. The van der Waals surface area contributed by atoms with Crippen molar-refractivity contribution in [3.63, 3.8) is 0 Å². The second-order valence-electron chi connectivity index (χ2n) is 10.6. The van der Waals surface area contributed by atoms with E-state index in [0.717, 1.165) is 35.1 Å². The summed E-state index contributed by atoms with van der Waals surface area (Å²) in [4.78, 5) is 0.430. The summed E-state index contributed by atoms with van der Waals surface area (Å²) in [5, 5.41) is 0. The Kier molecular flexibility index (Phi) is 8.31. The van der Waals surface area contributed by atoms with Gasteiger partial charge in [0.25, 0.3) is 0 Å². The highest BCUT2D eigenvalue weighted by Gasteiger charge is 2.32. The highest BCUT2D eigenvalue weighted by atomic mass is 32.2. The van der Waals surface area contributed by atoms with Crippen LogP contribution in [0.4, 0.5) is 0 Å². The largest absolute Gasteiger partial charge is 0.241 e. The third-order valence-electron chi connectivity index (χ3n) is 7.77. The van der Waals surface area contributed by atoms with Crippen LogP contribution in [0.25, 0.3) is 0 Å². The second-order valence-corrected chi connectivity index (χ2v) is 12.2. The zero-order valence-corrected chi connectivity index (χ0v) is 22.0. The molecule has 0 heterocycles. The molecule has 2 aliphatic rings. The van der Waals surface area contributed by atoms with Crippen LogP contribution in [0.2, 0.25) is 0 Å². The van der Waals surface area contributed by atoms with E-state index in [0.29, 0.717) is 16.7 Å². The summed E-state index contributed by atoms with van der Waals surface area (Å²) in [7, 11) is -3.70. The van der Waals surface area contributed by atoms with Crippen molar-refractivity contribution in [1.82, 2.24) is 4.72 Å². The van der Waals surface area contributed by atoms with Gasteiger partial charge in [0.05, 0.1) is 10.9 Å². The summed E-state index contributed by atoms with van der Waals surface area (Å²) in [6.45, 7) is 5.84. The molecule has 4 heteroatoms. The first-order chi connectivity index (χ1) is 16.3. The van der Waals surface area contributed by atoms with E-state index >= 15 is 0 Å². The van der Waals surface area contributed by atoms with E-state index in [4.69, 9.17) is 0 Å². The molecule has 0 spiro atoms. The van der Waals surface area contributed by atoms with Crippen LogP contribution in [0.5, 0.6) is 0 Å². The first-order valence-corrected chi connectivity index (χ1v) is 14.7. The smallest absolute Gasteiger partial charge is 0.207 e. The lowest BCUT2D eigenvalue weighted by Gasteiger charge is -2.33. The van der Waals surface area contributed by atoms with E-state index < -0.39 is 10.0 Å². The van der Waals surface area contributed by atoms with Crippen LogP contribution in [-0.2, 0) is 10.0 Å². The maximum absolute atomic E-state index is 13.9. The molecular weight excluding hydrogens is 438 g/mol. The fourth-order valence-electron chi connectivity index (χ4n) is 6.26. The van der Waals surface area contributed by atoms with Gasteiger partial charge in [0.2, 0.25) is 10.0 Å². The molecule has 0 amide bonds. The van der Waals surface area contributed by atoms with Gasteiger partial charge in [-0.05, 0) is 80.6 Å². The maximum Gasteiger partial charge on any atom is 0.241 e. The number of sulfonamides is 1. The van der Waals surface area contributed by atoms with Crippen LogP contribution in [0.1, 0.15) is 92.5 Å². The standard InChI is InChI=1S/C30H41NO2S/c1-22-19-23(2)30(24(3)20-22)34(32,33)31-29(27-17-11-6-12-18-27)28(26-15-9-5-10-16-26)21-25-13-7-4-8-14-25/h6,11-12,17-21,25-26,29,31H,4-5,7-10,13-16H2,1-3H3/b28-21+. The lowest BCUT2D eigenvalue weighted by Crippen LogP contribution is -2.33. The number of rotatable bonds is 7. The van der Waals surface area contributed by atoms with Gasteiger partial charge in [0, 0.05) is 0 Å². The average molecular weight is 480 g/mol. The highest BCUT2D eigenvalue weighted by Crippen LogP contribution is 2.40. The Bertz CT molecular complexity index is 1070. The highest BCUT2D eigenvalue weighted by molar-refractivity contribution is 7.89. The van der Waals surface area contributed by atoms with Crippen molar-refractivity contribution in [2.75, 3.05) is 0 Å². The lowest BCUT2D eigenvalue weighted by atomic mass is 9.76. The number of aryl methyl sites for hydroxylation is 3. The van der Waals surface area contributed by atoms with Gasteiger partial charge in [-0.25, -0.2) is 8.42 Å². The van der Waals surface area contributed by atoms with Crippen molar-refractivity contribution in [1.29, 1.82) is 0 Å². The molecule has 2 aliphatic carbocycles. The van der Waals surface area contributed by atoms with E-state index in [2.05, 4.69) is 22.9 Å². The summed E-state index contributed by atoms with van der Waals surface area (Å²) >= 11 is 0.